The molecular weight excluding hydrogens is 310 g/mol. The highest BCUT2D eigenvalue weighted by atomic mass is 79.9. The van der Waals surface area contributed by atoms with Crippen molar-refractivity contribution in [2.24, 2.45) is 5.92 Å². The molecule has 0 aromatic heterocycles. The second-order valence-corrected chi connectivity index (χ2v) is 6.89. The van der Waals surface area contributed by atoms with Crippen molar-refractivity contribution in [3.05, 3.63) is 0 Å². The smallest absolute Gasteiger partial charge is 0.410 e. The van der Waals surface area contributed by atoms with E-state index in [1.54, 1.807) is 11.9 Å². The second kappa shape index (κ2) is 7.48. The Morgan fingerprint density at radius 2 is 2.00 bits per heavy atom. The summed E-state index contributed by atoms with van der Waals surface area (Å²) in [7, 11) is 1.76. The molecule has 1 rings (SSSR count). The Hall–Kier alpha value is -0.290. The molecule has 1 saturated carbocycles. The molecule has 1 amide bonds. The van der Waals surface area contributed by atoms with Gasteiger partial charge in [-0.2, -0.15) is 0 Å². The van der Waals surface area contributed by atoms with Crippen LogP contribution in [0.25, 0.3) is 0 Å². The van der Waals surface area contributed by atoms with Crippen LogP contribution in [0.15, 0.2) is 0 Å². The first kappa shape index (κ1) is 16.8. The lowest BCUT2D eigenvalue weighted by Gasteiger charge is -2.34. The summed E-state index contributed by atoms with van der Waals surface area (Å²) in [4.78, 5) is 13.3. The predicted octanol–water partition coefficient (Wildman–Crippen LogP) is 3.43. The van der Waals surface area contributed by atoms with E-state index in [9.17, 15) is 4.79 Å². The molecule has 5 heteroatoms. The highest BCUT2D eigenvalue weighted by molar-refractivity contribution is 9.09. The summed E-state index contributed by atoms with van der Waals surface area (Å²) in [6, 6.07) is 0. The molecule has 0 saturated heterocycles. The van der Waals surface area contributed by atoms with Crippen molar-refractivity contribution in [2.75, 3.05) is 25.5 Å². The fourth-order valence-electron chi connectivity index (χ4n) is 1.92. The first-order valence-electron chi connectivity index (χ1n) is 6.93. The zero-order chi connectivity index (χ0) is 14.5. The van der Waals surface area contributed by atoms with E-state index in [-0.39, 0.29) is 6.09 Å². The zero-order valence-electron chi connectivity index (χ0n) is 12.4. The summed E-state index contributed by atoms with van der Waals surface area (Å²) in [5.41, 5.74) is -0.432. The van der Waals surface area contributed by atoms with Gasteiger partial charge in [-0.05, 0) is 46.0 Å². The third-order valence-corrected chi connectivity index (χ3v) is 4.02. The molecule has 1 fully saturated rings. The number of ether oxygens (including phenoxy) is 2. The number of alkyl halides is 1. The van der Waals surface area contributed by atoms with E-state index >= 15 is 0 Å². The summed E-state index contributed by atoms with van der Waals surface area (Å²) >= 11 is 3.48. The van der Waals surface area contributed by atoms with Gasteiger partial charge in [-0.25, -0.2) is 4.79 Å². The highest BCUT2D eigenvalue weighted by Crippen LogP contribution is 2.31. The normalized spacial score (nSPS) is 22.8. The molecule has 0 aromatic rings. The van der Waals surface area contributed by atoms with Gasteiger partial charge in [0.15, 0.2) is 0 Å². The Balaban J connectivity index is 2.04. The van der Waals surface area contributed by atoms with Crippen molar-refractivity contribution < 1.29 is 14.3 Å². The van der Waals surface area contributed by atoms with Gasteiger partial charge in [-0.1, -0.05) is 15.9 Å². The molecule has 1 aliphatic carbocycles. The summed E-state index contributed by atoms with van der Waals surface area (Å²) in [5.74, 6) is 0.787. The minimum Gasteiger partial charge on any atom is -0.444 e. The summed E-state index contributed by atoms with van der Waals surface area (Å²) in [5, 5.41) is 1.08. The molecule has 19 heavy (non-hydrogen) atoms. The lowest BCUT2D eigenvalue weighted by molar-refractivity contribution is -0.0269. The van der Waals surface area contributed by atoms with Crippen molar-refractivity contribution >= 4 is 22.0 Å². The fraction of sp³-hybridized carbons (Fsp3) is 0.929. The second-order valence-electron chi connectivity index (χ2n) is 6.24. The van der Waals surface area contributed by atoms with Gasteiger partial charge in [0.25, 0.3) is 0 Å². The lowest BCUT2D eigenvalue weighted by Crippen LogP contribution is -2.36. The third kappa shape index (κ3) is 6.61. The van der Waals surface area contributed by atoms with Crippen molar-refractivity contribution in [1.29, 1.82) is 0 Å². The molecular formula is C14H26BrNO3. The summed E-state index contributed by atoms with van der Waals surface area (Å²) in [6.45, 7) is 7.01. The minimum absolute atomic E-state index is 0.268. The van der Waals surface area contributed by atoms with E-state index in [4.69, 9.17) is 9.47 Å². The Labute approximate surface area is 124 Å². The van der Waals surface area contributed by atoms with Crippen LogP contribution in [-0.4, -0.2) is 48.2 Å². The highest BCUT2D eigenvalue weighted by Gasteiger charge is 2.28. The molecule has 0 unspecified atom stereocenters. The quantitative estimate of drug-likeness (QED) is 0.551. The van der Waals surface area contributed by atoms with Crippen LogP contribution in [0, 0.1) is 5.92 Å². The molecule has 0 aliphatic heterocycles. The molecule has 4 nitrogen and oxygen atoms in total. The molecule has 0 spiro atoms. The van der Waals surface area contributed by atoms with Gasteiger partial charge in [0.05, 0.1) is 6.10 Å². The zero-order valence-corrected chi connectivity index (χ0v) is 14.0. The summed E-state index contributed by atoms with van der Waals surface area (Å²) in [6.07, 6.45) is 3.33. The average molecular weight is 336 g/mol. The molecule has 1 aliphatic rings. The van der Waals surface area contributed by atoms with Crippen molar-refractivity contribution in [1.82, 2.24) is 4.90 Å². The maximum atomic E-state index is 11.7. The van der Waals surface area contributed by atoms with E-state index in [2.05, 4.69) is 15.9 Å². The van der Waals surface area contributed by atoms with Crippen LogP contribution in [0.2, 0.25) is 0 Å². The number of amides is 1. The molecule has 0 radical (unpaired) electrons. The average Bonchev–Trinajstić information content (AvgIpc) is 2.23. The van der Waals surface area contributed by atoms with Crippen LogP contribution >= 0.6 is 15.9 Å². The third-order valence-electron chi connectivity index (χ3n) is 3.11. The number of carbonyl (C=O) groups is 1. The topological polar surface area (TPSA) is 38.8 Å². The summed E-state index contributed by atoms with van der Waals surface area (Å²) < 4.78 is 11.0. The van der Waals surface area contributed by atoms with Crippen LogP contribution in [0.3, 0.4) is 0 Å². The van der Waals surface area contributed by atoms with E-state index in [1.165, 1.54) is 0 Å². The molecule has 0 aromatic carbocycles. The predicted molar refractivity (Wildman–Crippen MR) is 79.7 cm³/mol. The Bertz CT molecular complexity index is 285. The number of rotatable bonds is 6. The van der Waals surface area contributed by atoms with Crippen LogP contribution in [0.4, 0.5) is 4.79 Å². The first-order valence-corrected chi connectivity index (χ1v) is 8.05. The van der Waals surface area contributed by atoms with E-state index in [0.29, 0.717) is 19.3 Å². The number of hydrogen-bond donors (Lipinski definition) is 0. The van der Waals surface area contributed by atoms with Gasteiger partial charge in [0, 0.05) is 25.5 Å². The van der Waals surface area contributed by atoms with Gasteiger partial charge in [0.1, 0.15) is 5.60 Å². The molecule has 112 valence electrons. The van der Waals surface area contributed by atoms with Crippen molar-refractivity contribution in [2.45, 2.75) is 51.7 Å². The molecule has 0 heterocycles. The maximum absolute atomic E-state index is 11.7. The minimum atomic E-state index is -0.432. The Morgan fingerprint density at radius 1 is 1.37 bits per heavy atom. The van der Waals surface area contributed by atoms with Gasteiger partial charge in [-0.15, -0.1) is 0 Å². The number of nitrogens with zero attached hydrogens (tertiary/aromatic N) is 1. The van der Waals surface area contributed by atoms with Crippen LogP contribution in [0.1, 0.15) is 40.0 Å². The molecule has 0 bridgehead atoms. The van der Waals surface area contributed by atoms with Gasteiger partial charge in [-0.3, -0.25) is 0 Å². The fourth-order valence-corrected chi connectivity index (χ4v) is 2.45. The number of halogens is 1. The standard InChI is InChI=1S/C14H26BrNO3/c1-14(2,3)19-13(17)16(4)6-5-7-18-12-8-11(9-12)10-15/h11-12H,5-10H2,1-4H3/t11-,12-. The number of carbonyl (C=O) groups excluding carboxylic acids is 1. The van der Waals surface area contributed by atoms with Crippen LogP contribution in [-0.2, 0) is 9.47 Å². The van der Waals surface area contributed by atoms with Gasteiger partial charge >= 0.3 is 6.09 Å². The Kier molecular flexibility index (Phi) is 6.60. The number of hydrogen-bond acceptors (Lipinski definition) is 3. The van der Waals surface area contributed by atoms with E-state index < -0.39 is 5.60 Å². The van der Waals surface area contributed by atoms with Gasteiger partial charge < -0.3 is 14.4 Å². The van der Waals surface area contributed by atoms with Crippen LogP contribution < -0.4 is 0 Å². The van der Waals surface area contributed by atoms with E-state index in [0.717, 1.165) is 30.5 Å². The van der Waals surface area contributed by atoms with Gasteiger partial charge in [0.2, 0.25) is 0 Å². The molecule has 0 N–H and O–H groups in total. The van der Waals surface area contributed by atoms with E-state index in [1.807, 2.05) is 20.8 Å². The first-order chi connectivity index (χ1) is 8.81. The van der Waals surface area contributed by atoms with Crippen molar-refractivity contribution in [3.8, 4) is 0 Å². The van der Waals surface area contributed by atoms with Crippen LogP contribution in [0.5, 0.6) is 0 Å². The SMILES string of the molecule is CN(CCCO[C@H]1C[C@H](CBr)C1)C(=O)OC(C)(C)C. The van der Waals surface area contributed by atoms with Crippen molar-refractivity contribution in [3.63, 3.8) is 0 Å². The lowest BCUT2D eigenvalue weighted by atomic mass is 9.84. The largest absolute Gasteiger partial charge is 0.444 e. The monoisotopic (exact) mass is 335 g/mol. The molecule has 0 atom stereocenters. The maximum Gasteiger partial charge on any atom is 0.410 e. The Morgan fingerprint density at radius 3 is 2.53 bits per heavy atom.